The fourth-order valence-corrected chi connectivity index (χ4v) is 2.69. The fourth-order valence-electron chi connectivity index (χ4n) is 2.69. The Morgan fingerprint density at radius 1 is 1.19 bits per heavy atom. The molecule has 1 fully saturated rings. The highest BCUT2D eigenvalue weighted by Crippen LogP contribution is 2.23. The third-order valence-electron chi connectivity index (χ3n) is 4.00. The molecule has 0 aromatic heterocycles. The Bertz CT molecular complexity index is 534. The second kappa shape index (κ2) is 6.61. The summed E-state index contributed by atoms with van der Waals surface area (Å²) in [4.78, 5) is 23.2. The van der Waals surface area contributed by atoms with Crippen molar-refractivity contribution in [2.75, 3.05) is 5.32 Å². The van der Waals surface area contributed by atoms with E-state index >= 15 is 0 Å². The van der Waals surface area contributed by atoms with Gasteiger partial charge in [0.1, 0.15) is 0 Å². The van der Waals surface area contributed by atoms with Gasteiger partial charge in [0, 0.05) is 6.04 Å². The van der Waals surface area contributed by atoms with E-state index in [9.17, 15) is 14.7 Å². The van der Waals surface area contributed by atoms with Gasteiger partial charge < -0.3 is 15.7 Å². The molecule has 5 heteroatoms. The summed E-state index contributed by atoms with van der Waals surface area (Å²) in [7, 11) is 0. The summed E-state index contributed by atoms with van der Waals surface area (Å²) in [5, 5.41) is 14.8. The number of carboxylic acids is 1. The van der Waals surface area contributed by atoms with Crippen molar-refractivity contribution in [3.05, 3.63) is 29.3 Å². The Balaban J connectivity index is 1.98. The first-order chi connectivity index (χ1) is 9.95. The van der Waals surface area contributed by atoms with Crippen molar-refractivity contribution in [3.8, 4) is 0 Å². The van der Waals surface area contributed by atoms with Crippen LogP contribution in [-0.2, 0) is 0 Å². The van der Waals surface area contributed by atoms with E-state index < -0.39 is 5.97 Å². The fraction of sp³-hybridized carbons (Fsp3) is 0.500. The van der Waals surface area contributed by atoms with Crippen LogP contribution in [0.15, 0.2) is 18.2 Å². The Hall–Kier alpha value is -2.04. The Morgan fingerprint density at radius 2 is 1.86 bits per heavy atom. The van der Waals surface area contributed by atoms with Gasteiger partial charge in [0.15, 0.2) is 0 Å². The van der Waals surface area contributed by atoms with Crippen LogP contribution in [0.1, 0.15) is 48.5 Å². The largest absolute Gasteiger partial charge is 0.478 e. The topological polar surface area (TPSA) is 78.4 Å². The van der Waals surface area contributed by atoms with Gasteiger partial charge in [-0.1, -0.05) is 18.6 Å². The van der Waals surface area contributed by atoms with Crippen LogP contribution in [0.4, 0.5) is 10.5 Å². The lowest BCUT2D eigenvalue weighted by atomic mass is 9.87. The SMILES string of the molecule is Cc1ccc(NC(=O)NC2CCC(C)CC2)c(C(=O)O)c1. The van der Waals surface area contributed by atoms with Crippen LogP contribution >= 0.6 is 0 Å². The third kappa shape index (κ3) is 4.21. The van der Waals surface area contributed by atoms with E-state index in [2.05, 4.69) is 17.6 Å². The van der Waals surface area contributed by atoms with Gasteiger partial charge in [-0.15, -0.1) is 0 Å². The van der Waals surface area contributed by atoms with E-state index in [1.807, 2.05) is 6.92 Å². The maximum Gasteiger partial charge on any atom is 0.337 e. The van der Waals surface area contributed by atoms with E-state index in [1.165, 1.54) is 0 Å². The molecule has 0 radical (unpaired) electrons. The molecule has 3 N–H and O–H groups in total. The molecule has 1 aliphatic rings. The Labute approximate surface area is 124 Å². The van der Waals surface area contributed by atoms with Crippen LogP contribution in [0.5, 0.6) is 0 Å². The molecule has 1 saturated carbocycles. The number of amides is 2. The molecule has 2 rings (SSSR count). The maximum atomic E-state index is 12.0. The number of urea groups is 1. The zero-order valence-electron chi connectivity index (χ0n) is 12.5. The molecule has 1 aromatic carbocycles. The average molecular weight is 290 g/mol. The number of rotatable bonds is 3. The minimum Gasteiger partial charge on any atom is -0.478 e. The quantitative estimate of drug-likeness (QED) is 0.798. The molecule has 114 valence electrons. The predicted molar refractivity (Wildman–Crippen MR) is 81.7 cm³/mol. The monoisotopic (exact) mass is 290 g/mol. The Kier molecular flexibility index (Phi) is 4.83. The molecule has 1 aliphatic carbocycles. The summed E-state index contributed by atoms with van der Waals surface area (Å²) in [5.74, 6) is -0.317. The van der Waals surface area contributed by atoms with Crippen LogP contribution in [0.2, 0.25) is 0 Å². The molecule has 0 aliphatic heterocycles. The number of nitrogens with one attached hydrogen (secondary N) is 2. The van der Waals surface area contributed by atoms with Gasteiger partial charge in [0.25, 0.3) is 0 Å². The van der Waals surface area contributed by atoms with Gasteiger partial charge in [-0.2, -0.15) is 0 Å². The van der Waals surface area contributed by atoms with Crippen LogP contribution < -0.4 is 10.6 Å². The van der Waals surface area contributed by atoms with Crippen molar-refractivity contribution < 1.29 is 14.7 Å². The van der Waals surface area contributed by atoms with Crippen molar-refractivity contribution in [2.24, 2.45) is 5.92 Å². The van der Waals surface area contributed by atoms with Crippen LogP contribution in [0.3, 0.4) is 0 Å². The van der Waals surface area contributed by atoms with Crippen LogP contribution in [0, 0.1) is 12.8 Å². The number of benzene rings is 1. The van der Waals surface area contributed by atoms with Crippen molar-refractivity contribution in [3.63, 3.8) is 0 Å². The summed E-state index contributed by atoms with van der Waals surface area (Å²) < 4.78 is 0. The standard InChI is InChI=1S/C16H22N2O3/c1-10-3-6-12(7-4-10)17-16(21)18-14-8-5-11(2)9-13(14)15(19)20/h5,8-10,12H,3-4,6-7H2,1-2H3,(H,19,20)(H2,17,18,21). The molecule has 0 saturated heterocycles. The Morgan fingerprint density at radius 3 is 2.48 bits per heavy atom. The summed E-state index contributed by atoms with van der Waals surface area (Å²) in [6.45, 7) is 4.04. The number of anilines is 1. The van der Waals surface area contributed by atoms with E-state index in [0.29, 0.717) is 5.69 Å². The first-order valence-corrected chi connectivity index (χ1v) is 7.37. The van der Waals surface area contributed by atoms with Gasteiger partial charge >= 0.3 is 12.0 Å². The number of aryl methyl sites for hydroxylation is 1. The zero-order chi connectivity index (χ0) is 15.4. The minimum atomic E-state index is -1.04. The predicted octanol–water partition coefficient (Wildman–Crippen LogP) is 3.39. The number of carbonyl (C=O) groups is 2. The third-order valence-corrected chi connectivity index (χ3v) is 4.00. The highest BCUT2D eigenvalue weighted by atomic mass is 16.4. The van der Waals surface area contributed by atoms with Crippen molar-refractivity contribution in [1.29, 1.82) is 0 Å². The van der Waals surface area contributed by atoms with Gasteiger partial charge in [0.05, 0.1) is 11.3 Å². The molecule has 21 heavy (non-hydrogen) atoms. The molecule has 2 amide bonds. The number of hydrogen-bond donors (Lipinski definition) is 3. The van der Waals surface area contributed by atoms with E-state index in [0.717, 1.165) is 37.2 Å². The lowest BCUT2D eigenvalue weighted by Gasteiger charge is -2.27. The first-order valence-electron chi connectivity index (χ1n) is 7.37. The minimum absolute atomic E-state index is 0.113. The highest BCUT2D eigenvalue weighted by Gasteiger charge is 2.20. The highest BCUT2D eigenvalue weighted by molar-refractivity contribution is 6.00. The number of aromatic carboxylic acids is 1. The second-order valence-electron chi connectivity index (χ2n) is 5.91. The van der Waals surface area contributed by atoms with Gasteiger partial charge in [-0.05, 0) is 50.7 Å². The normalized spacial score (nSPS) is 21.6. The summed E-state index contributed by atoms with van der Waals surface area (Å²) in [5.41, 5.74) is 1.29. The number of carbonyl (C=O) groups excluding carboxylic acids is 1. The maximum absolute atomic E-state index is 12.0. The molecule has 0 atom stereocenters. The molecular weight excluding hydrogens is 268 g/mol. The van der Waals surface area contributed by atoms with E-state index in [1.54, 1.807) is 18.2 Å². The molecular formula is C16H22N2O3. The average Bonchev–Trinajstić information content (AvgIpc) is 2.43. The van der Waals surface area contributed by atoms with Gasteiger partial charge in [-0.3, -0.25) is 0 Å². The summed E-state index contributed by atoms with van der Waals surface area (Å²) in [6, 6.07) is 4.81. The smallest absolute Gasteiger partial charge is 0.337 e. The molecule has 0 heterocycles. The van der Waals surface area contributed by atoms with Crippen LogP contribution in [0.25, 0.3) is 0 Å². The van der Waals surface area contributed by atoms with Crippen molar-refractivity contribution in [1.82, 2.24) is 5.32 Å². The number of hydrogen-bond acceptors (Lipinski definition) is 2. The molecule has 0 unspecified atom stereocenters. The molecule has 0 spiro atoms. The second-order valence-corrected chi connectivity index (χ2v) is 5.91. The van der Waals surface area contributed by atoms with Gasteiger partial charge in [0.2, 0.25) is 0 Å². The molecule has 0 bridgehead atoms. The zero-order valence-corrected chi connectivity index (χ0v) is 12.5. The van der Waals surface area contributed by atoms with Crippen LogP contribution in [-0.4, -0.2) is 23.1 Å². The molecule has 1 aromatic rings. The van der Waals surface area contributed by atoms with E-state index in [4.69, 9.17) is 0 Å². The van der Waals surface area contributed by atoms with E-state index in [-0.39, 0.29) is 17.6 Å². The first kappa shape index (κ1) is 15.4. The summed E-state index contributed by atoms with van der Waals surface area (Å²) >= 11 is 0. The molecule has 5 nitrogen and oxygen atoms in total. The summed E-state index contributed by atoms with van der Waals surface area (Å²) in [6.07, 6.45) is 4.20. The number of carboxylic acid groups (broad SMARTS) is 1. The van der Waals surface area contributed by atoms with Crippen molar-refractivity contribution in [2.45, 2.75) is 45.6 Å². The van der Waals surface area contributed by atoms with Gasteiger partial charge in [-0.25, -0.2) is 9.59 Å². The lowest BCUT2D eigenvalue weighted by molar-refractivity contribution is 0.0698. The lowest BCUT2D eigenvalue weighted by Crippen LogP contribution is -2.40. The van der Waals surface area contributed by atoms with Crippen molar-refractivity contribution >= 4 is 17.7 Å².